The highest BCUT2D eigenvalue weighted by atomic mass is 15.1. The Hall–Kier alpha value is -2.28. The number of nitrogens with zero attached hydrogens (tertiary/aromatic N) is 3. The van der Waals surface area contributed by atoms with Gasteiger partial charge in [-0.2, -0.15) is 5.26 Å². The topological polar surface area (TPSA) is 53.6 Å². The maximum atomic E-state index is 8.62. The minimum absolute atomic E-state index is 0.414. The molecule has 0 radical (unpaired) electrons. The van der Waals surface area contributed by atoms with E-state index in [1.807, 2.05) is 36.8 Å². The Balaban J connectivity index is 1.98. The van der Waals surface area contributed by atoms with Crippen LogP contribution in [0.15, 0.2) is 36.8 Å². The lowest BCUT2D eigenvalue weighted by Gasteiger charge is -2.13. The van der Waals surface area contributed by atoms with E-state index in [-0.39, 0.29) is 0 Å². The van der Waals surface area contributed by atoms with Crippen molar-refractivity contribution in [3.63, 3.8) is 0 Å². The highest BCUT2D eigenvalue weighted by molar-refractivity contribution is 5.45. The predicted molar refractivity (Wildman–Crippen MR) is 75.7 cm³/mol. The van der Waals surface area contributed by atoms with E-state index >= 15 is 0 Å². The number of nitriles is 1. The first-order valence-corrected chi connectivity index (χ1v) is 6.41. The average Bonchev–Trinajstić information content (AvgIpc) is 2.87. The molecule has 0 bridgehead atoms. The van der Waals surface area contributed by atoms with Gasteiger partial charge in [0.25, 0.3) is 0 Å². The third-order valence-electron chi connectivity index (χ3n) is 3.01. The van der Waals surface area contributed by atoms with Gasteiger partial charge < -0.3 is 9.88 Å². The van der Waals surface area contributed by atoms with E-state index in [0.717, 1.165) is 23.5 Å². The molecule has 1 heterocycles. The molecule has 19 heavy (non-hydrogen) atoms. The smallest absolute Gasteiger partial charge is 0.0951 e. The molecule has 0 unspecified atom stereocenters. The maximum absolute atomic E-state index is 8.62. The lowest BCUT2D eigenvalue weighted by Crippen LogP contribution is -2.08. The molecule has 1 aromatic carbocycles. The first-order chi connectivity index (χ1) is 9.20. The lowest BCUT2D eigenvalue weighted by atomic mass is 10.1. The molecule has 1 N–H and O–H groups in total. The molecule has 0 aliphatic rings. The lowest BCUT2D eigenvalue weighted by molar-refractivity contribution is 0.577. The molecule has 0 saturated heterocycles. The Bertz CT molecular complexity index is 561. The number of aromatic nitrogens is 2. The fraction of sp³-hybridized carbons (Fsp3) is 0.333. The molecular weight excluding hydrogens is 236 g/mol. The van der Waals surface area contributed by atoms with E-state index < -0.39 is 0 Å². The summed E-state index contributed by atoms with van der Waals surface area (Å²) < 4.78 is 2.15. The monoisotopic (exact) mass is 254 g/mol. The highest BCUT2D eigenvalue weighted by Gasteiger charge is 2.04. The summed E-state index contributed by atoms with van der Waals surface area (Å²) in [6.07, 6.45) is 4.20. The van der Waals surface area contributed by atoms with Crippen molar-refractivity contribution < 1.29 is 0 Å². The molecular formula is C15H18N4. The van der Waals surface area contributed by atoms with Crippen LogP contribution in [0.4, 0.5) is 5.69 Å². The van der Waals surface area contributed by atoms with Gasteiger partial charge in [0.15, 0.2) is 0 Å². The van der Waals surface area contributed by atoms with E-state index in [1.54, 1.807) is 0 Å². The van der Waals surface area contributed by atoms with Crippen LogP contribution in [0, 0.1) is 11.3 Å². The third-order valence-corrected chi connectivity index (χ3v) is 3.01. The van der Waals surface area contributed by atoms with Gasteiger partial charge in [0, 0.05) is 17.9 Å². The molecule has 0 saturated carbocycles. The third kappa shape index (κ3) is 3.35. The van der Waals surface area contributed by atoms with E-state index in [0.29, 0.717) is 12.5 Å². The molecule has 1 aromatic heterocycles. The molecule has 4 heteroatoms. The van der Waals surface area contributed by atoms with Gasteiger partial charge in [-0.3, -0.25) is 0 Å². The molecule has 0 atom stereocenters. The van der Waals surface area contributed by atoms with Crippen LogP contribution in [0.2, 0.25) is 0 Å². The standard InChI is InChI=1S/C15H18N4/c1-12(2)19-11-17-9-15(19)10-18-14-5-3-13(4-6-14)7-8-16/h3-6,9,11-12,18H,7,10H2,1-2H3. The van der Waals surface area contributed by atoms with Crippen LogP contribution in [0.1, 0.15) is 31.1 Å². The van der Waals surface area contributed by atoms with E-state index in [4.69, 9.17) is 5.26 Å². The molecule has 4 nitrogen and oxygen atoms in total. The number of rotatable bonds is 5. The molecule has 0 aliphatic heterocycles. The van der Waals surface area contributed by atoms with Crippen molar-refractivity contribution in [2.24, 2.45) is 0 Å². The maximum Gasteiger partial charge on any atom is 0.0951 e. The fourth-order valence-corrected chi connectivity index (χ4v) is 1.96. The van der Waals surface area contributed by atoms with E-state index in [2.05, 4.69) is 34.8 Å². The Kier molecular flexibility index (Phi) is 4.19. The number of hydrogen-bond donors (Lipinski definition) is 1. The number of benzene rings is 1. The van der Waals surface area contributed by atoms with Gasteiger partial charge in [0.1, 0.15) is 0 Å². The van der Waals surface area contributed by atoms with Crippen LogP contribution in [0.5, 0.6) is 0 Å². The van der Waals surface area contributed by atoms with E-state index in [1.165, 1.54) is 0 Å². The molecule has 0 aliphatic carbocycles. The Morgan fingerprint density at radius 2 is 2.05 bits per heavy atom. The Labute approximate surface area is 113 Å². The zero-order chi connectivity index (χ0) is 13.7. The Morgan fingerprint density at radius 1 is 1.32 bits per heavy atom. The van der Waals surface area contributed by atoms with Gasteiger partial charge in [-0.25, -0.2) is 4.98 Å². The average molecular weight is 254 g/mol. The number of hydrogen-bond acceptors (Lipinski definition) is 3. The highest BCUT2D eigenvalue weighted by Crippen LogP contribution is 2.13. The molecule has 2 rings (SSSR count). The summed E-state index contributed by atoms with van der Waals surface area (Å²) in [7, 11) is 0. The summed E-state index contributed by atoms with van der Waals surface area (Å²) in [5, 5.41) is 12.0. The van der Waals surface area contributed by atoms with Crippen LogP contribution >= 0.6 is 0 Å². The number of anilines is 1. The molecule has 0 spiro atoms. The molecule has 0 amide bonds. The second-order valence-corrected chi connectivity index (χ2v) is 4.77. The molecule has 0 fully saturated rings. The zero-order valence-electron chi connectivity index (χ0n) is 11.3. The van der Waals surface area contributed by atoms with Gasteiger partial charge in [-0.05, 0) is 31.5 Å². The van der Waals surface area contributed by atoms with Crippen LogP contribution in [0.25, 0.3) is 0 Å². The summed E-state index contributed by atoms with van der Waals surface area (Å²) in [4.78, 5) is 4.18. The van der Waals surface area contributed by atoms with Gasteiger partial charge in [0.2, 0.25) is 0 Å². The van der Waals surface area contributed by atoms with Crippen LogP contribution in [-0.2, 0) is 13.0 Å². The molecule has 98 valence electrons. The van der Waals surface area contributed by atoms with Crippen molar-refractivity contribution in [1.82, 2.24) is 9.55 Å². The van der Waals surface area contributed by atoms with Crippen molar-refractivity contribution in [3.05, 3.63) is 48.0 Å². The van der Waals surface area contributed by atoms with Crippen molar-refractivity contribution in [2.75, 3.05) is 5.32 Å². The Morgan fingerprint density at radius 3 is 2.68 bits per heavy atom. The van der Waals surface area contributed by atoms with Gasteiger partial charge in [-0.15, -0.1) is 0 Å². The summed E-state index contributed by atoms with van der Waals surface area (Å²) in [6.45, 7) is 5.03. The van der Waals surface area contributed by atoms with Crippen LogP contribution < -0.4 is 5.32 Å². The summed E-state index contributed by atoms with van der Waals surface area (Å²) in [6, 6.07) is 10.5. The first kappa shape index (κ1) is 13.2. The van der Waals surface area contributed by atoms with Crippen molar-refractivity contribution in [1.29, 1.82) is 5.26 Å². The number of imidazole rings is 1. The number of nitrogens with one attached hydrogen (secondary N) is 1. The summed E-state index contributed by atoms with van der Waals surface area (Å²) >= 11 is 0. The van der Waals surface area contributed by atoms with Crippen molar-refractivity contribution in [3.8, 4) is 6.07 Å². The minimum Gasteiger partial charge on any atom is -0.379 e. The summed E-state index contributed by atoms with van der Waals surface area (Å²) in [5.74, 6) is 0. The van der Waals surface area contributed by atoms with Gasteiger partial charge in [0.05, 0.1) is 31.1 Å². The van der Waals surface area contributed by atoms with Crippen molar-refractivity contribution >= 4 is 5.69 Å². The van der Waals surface area contributed by atoms with Crippen LogP contribution in [-0.4, -0.2) is 9.55 Å². The molecule has 2 aromatic rings. The first-order valence-electron chi connectivity index (χ1n) is 6.41. The second-order valence-electron chi connectivity index (χ2n) is 4.77. The van der Waals surface area contributed by atoms with Crippen molar-refractivity contribution in [2.45, 2.75) is 32.9 Å². The normalized spacial score (nSPS) is 10.4. The SMILES string of the molecule is CC(C)n1cncc1CNc1ccc(CC#N)cc1. The largest absolute Gasteiger partial charge is 0.379 e. The quantitative estimate of drug-likeness (QED) is 0.891. The second kappa shape index (κ2) is 6.05. The minimum atomic E-state index is 0.414. The predicted octanol–water partition coefficient (Wildman–Crippen LogP) is 3.14. The van der Waals surface area contributed by atoms with Gasteiger partial charge in [-0.1, -0.05) is 12.1 Å². The van der Waals surface area contributed by atoms with E-state index in [9.17, 15) is 0 Å². The van der Waals surface area contributed by atoms with Gasteiger partial charge >= 0.3 is 0 Å². The zero-order valence-corrected chi connectivity index (χ0v) is 11.3. The summed E-state index contributed by atoms with van der Waals surface area (Å²) in [5.41, 5.74) is 3.26. The van der Waals surface area contributed by atoms with Crippen LogP contribution in [0.3, 0.4) is 0 Å². The fourth-order valence-electron chi connectivity index (χ4n) is 1.96.